The van der Waals surface area contributed by atoms with E-state index in [2.05, 4.69) is 48.5 Å². The third-order valence-electron chi connectivity index (χ3n) is 3.77. The van der Waals surface area contributed by atoms with E-state index in [9.17, 15) is 0 Å². The van der Waals surface area contributed by atoms with Crippen molar-refractivity contribution in [1.82, 2.24) is 0 Å². The van der Waals surface area contributed by atoms with Crippen molar-refractivity contribution < 1.29 is 5.11 Å². The molecule has 1 unspecified atom stereocenters. The fourth-order valence-corrected chi connectivity index (χ4v) is 2.97. The van der Waals surface area contributed by atoms with E-state index in [1.165, 1.54) is 22.3 Å². The van der Waals surface area contributed by atoms with Crippen molar-refractivity contribution in [3.63, 3.8) is 0 Å². The zero-order valence-electron chi connectivity index (χ0n) is 10.2. The molecule has 0 radical (unpaired) electrons. The predicted molar refractivity (Wildman–Crippen MR) is 73.4 cm³/mol. The zero-order valence-corrected chi connectivity index (χ0v) is 10.2. The van der Waals surface area contributed by atoms with Gasteiger partial charge in [0.15, 0.2) is 0 Å². The van der Waals surface area contributed by atoms with Crippen molar-refractivity contribution in [2.75, 3.05) is 6.61 Å². The van der Waals surface area contributed by atoms with Gasteiger partial charge in [-0.2, -0.15) is 0 Å². The third-order valence-corrected chi connectivity index (χ3v) is 3.77. The van der Waals surface area contributed by atoms with E-state index in [0.29, 0.717) is 6.42 Å². The van der Waals surface area contributed by atoms with E-state index < -0.39 is 0 Å². The summed E-state index contributed by atoms with van der Waals surface area (Å²) >= 11 is 0. The Morgan fingerprint density at radius 1 is 0.944 bits per heavy atom. The molecule has 1 atom stereocenters. The molecule has 0 fully saturated rings. The first-order chi connectivity index (χ1) is 8.83. The number of hydrogen-bond donors (Lipinski definition) is 2. The lowest BCUT2D eigenvalue weighted by Crippen LogP contribution is -2.29. The Kier molecular flexibility index (Phi) is 2.90. The average Bonchev–Trinajstić information content (AvgIpc) is 2.73. The first-order valence-electron chi connectivity index (χ1n) is 6.37. The maximum atomic E-state index is 9.11. The Hall–Kier alpha value is -1.64. The van der Waals surface area contributed by atoms with Crippen LogP contribution in [0.1, 0.15) is 23.5 Å². The zero-order chi connectivity index (χ0) is 12.5. The number of aliphatic hydroxyl groups is 1. The predicted octanol–water partition coefficient (Wildman–Crippen LogP) is 2.51. The summed E-state index contributed by atoms with van der Waals surface area (Å²) in [5.41, 5.74) is 11.4. The van der Waals surface area contributed by atoms with Crippen LogP contribution in [0.15, 0.2) is 48.5 Å². The van der Waals surface area contributed by atoms with Crippen LogP contribution in [0.5, 0.6) is 0 Å². The number of aliphatic hydroxyl groups excluding tert-OH is 1. The maximum Gasteiger partial charge on any atom is 0.0446 e. The molecule has 1 aliphatic rings. The molecule has 0 aromatic heterocycles. The van der Waals surface area contributed by atoms with Crippen LogP contribution in [0.25, 0.3) is 11.1 Å². The highest BCUT2D eigenvalue weighted by molar-refractivity contribution is 5.79. The molecule has 0 saturated carbocycles. The largest absolute Gasteiger partial charge is 0.396 e. The summed E-state index contributed by atoms with van der Waals surface area (Å²) in [5, 5.41) is 9.11. The molecule has 2 nitrogen and oxygen atoms in total. The van der Waals surface area contributed by atoms with Gasteiger partial charge in [-0.3, -0.25) is 0 Å². The summed E-state index contributed by atoms with van der Waals surface area (Å²) in [6.07, 6.45) is 0.632. The lowest BCUT2D eigenvalue weighted by atomic mass is 9.88. The van der Waals surface area contributed by atoms with Crippen LogP contribution in [-0.4, -0.2) is 17.8 Å². The lowest BCUT2D eigenvalue weighted by Gasteiger charge is -2.20. The molecule has 18 heavy (non-hydrogen) atoms. The lowest BCUT2D eigenvalue weighted by molar-refractivity contribution is 0.271. The molecule has 3 rings (SSSR count). The van der Waals surface area contributed by atoms with Gasteiger partial charge in [0.05, 0.1) is 0 Å². The molecule has 2 aromatic carbocycles. The smallest absolute Gasteiger partial charge is 0.0446 e. The minimum Gasteiger partial charge on any atom is -0.396 e. The van der Waals surface area contributed by atoms with Crippen LogP contribution in [-0.2, 0) is 0 Å². The highest BCUT2D eigenvalue weighted by Gasteiger charge is 2.31. The van der Waals surface area contributed by atoms with Crippen molar-refractivity contribution in [3.05, 3.63) is 59.7 Å². The Balaban J connectivity index is 2.14. The van der Waals surface area contributed by atoms with Gasteiger partial charge in [0, 0.05) is 18.6 Å². The van der Waals surface area contributed by atoms with Crippen LogP contribution >= 0.6 is 0 Å². The Labute approximate surface area is 107 Å². The normalized spacial score (nSPS) is 15.2. The molecule has 0 spiro atoms. The summed E-state index contributed by atoms with van der Waals surface area (Å²) in [5.74, 6) is 0.213. The van der Waals surface area contributed by atoms with E-state index in [-0.39, 0.29) is 18.6 Å². The second-order valence-electron chi connectivity index (χ2n) is 4.83. The summed E-state index contributed by atoms with van der Waals surface area (Å²) in [4.78, 5) is 0. The topological polar surface area (TPSA) is 46.2 Å². The van der Waals surface area contributed by atoms with Gasteiger partial charge in [-0.25, -0.2) is 0 Å². The summed E-state index contributed by atoms with van der Waals surface area (Å²) in [7, 11) is 0. The Morgan fingerprint density at radius 2 is 1.44 bits per heavy atom. The number of benzene rings is 2. The number of nitrogens with two attached hydrogens (primary N) is 1. The summed E-state index contributed by atoms with van der Waals surface area (Å²) < 4.78 is 0. The monoisotopic (exact) mass is 239 g/mol. The van der Waals surface area contributed by atoms with Gasteiger partial charge in [0.2, 0.25) is 0 Å². The average molecular weight is 239 g/mol. The molecule has 2 aromatic rings. The first-order valence-corrected chi connectivity index (χ1v) is 6.37. The van der Waals surface area contributed by atoms with Crippen LogP contribution in [0, 0.1) is 0 Å². The van der Waals surface area contributed by atoms with Gasteiger partial charge < -0.3 is 10.8 Å². The van der Waals surface area contributed by atoms with Crippen molar-refractivity contribution >= 4 is 0 Å². The standard InChI is InChI=1S/C16H17NO/c17-15(9-10-18)16-13-7-3-1-5-11(13)12-6-2-4-8-14(12)16/h1-8,15-16,18H,9-10,17H2. The fraction of sp³-hybridized carbons (Fsp3) is 0.250. The molecule has 3 N–H and O–H groups in total. The SMILES string of the molecule is NC(CCO)C1c2ccccc2-c2ccccc21. The maximum absolute atomic E-state index is 9.11. The van der Waals surface area contributed by atoms with Gasteiger partial charge in [-0.15, -0.1) is 0 Å². The summed E-state index contributed by atoms with van der Waals surface area (Å²) in [6, 6.07) is 16.8. The Bertz CT molecular complexity index is 519. The molecule has 0 saturated heterocycles. The van der Waals surface area contributed by atoms with Crippen molar-refractivity contribution in [1.29, 1.82) is 0 Å². The molecule has 0 aliphatic heterocycles. The number of hydrogen-bond acceptors (Lipinski definition) is 2. The van der Waals surface area contributed by atoms with E-state index in [1.54, 1.807) is 0 Å². The quantitative estimate of drug-likeness (QED) is 0.864. The van der Waals surface area contributed by atoms with Crippen LogP contribution in [0.3, 0.4) is 0 Å². The molecule has 2 heteroatoms. The molecule has 0 heterocycles. The van der Waals surface area contributed by atoms with Gasteiger partial charge >= 0.3 is 0 Å². The number of rotatable bonds is 3. The van der Waals surface area contributed by atoms with Crippen LogP contribution < -0.4 is 5.73 Å². The van der Waals surface area contributed by atoms with Gasteiger partial charge in [-0.1, -0.05) is 48.5 Å². The van der Waals surface area contributed by atoms with E-state index in [1.807, 2.05) is 0 Å². The van der Waals surface area contributed by atoms with E-state index in [4.69, 9.17) is 10.8 Å². The molecule has 0 amide bonds. The molecular formula is C16H17NO. The molecule has 92 valence electrons. The first kappa shape index (κ1) is 11.5. The minimum atomic E-state index is -0.0280. The highest BCUT2D eigenvalue weighted by atomic mass is 16.3. The van der Waals surface area contributed by atoms with Gasteiger partial charge in [0.1, 0.15) is 0 Å². The van der Waals surface area contributed by atoms with Crippen molar-refractivity contribution in [2.24, 2.45) is 5.73 Å². The Morgan fingerprint density at radius 3 is 1.94 bits per heavy atom. The second-order valence-corrected chi connectivity index (χ2v) is 4.83. The van der Waals surface area contributed by atoms with Crippen molar-refractivity contribution in [2.45, 2.75) is 18.4 Å². The minimum absolute atomic E-state index is 0.0280. The van der Waals surface area contributed by atoms with Crippen LogP contribution in [0.2, 0.25) is 0 Å². The third kappa shape index (κ3) is 1.65. The van der Waals surface area contributed by atoms with Gasteiger partial charge in [0.25, 0.3) is 0 Å². The van der Waals surface area contributed by atoms with Crippen molar-refractivity contribution in [3.8, 4) is 11.1 Å². The highest BCUT2D eigenvalue weighted by Crippen LogP contribution is 2.45. The summed E-state index contributed by atoms with van der Waals surface area (Å²) in [6.45, 7) is 0.141. The van der Waals surface area contributed by atoms with Gasteiger partial charge in [-0.05, 0) is 28.7 Å². The molecule has 1 aliphatic carbocycles. The van der Waals surface area contributed by atoms with Crippen LogP contribution in [0.4, 0.5) is 0 Å². The second kappa shape index (κ2) is 4.56. The molecular weight excluding hydrogens is 222 g/mol. The fourth-order valence-electron chi connectivity index (χ4n) is 2.97. The van der Waals surface area contributed by atoms with E-state index in [0.717, 1.165) is 0 Å². The number of fused-ring (bicyclic) bond motifs is 3. The molecule has 0 bridgehead atoms. The van der Waals surface area contributed by atoms with E-state index >= 15 is 0 Å².